The fourth-order valence-corrected chi connectivity index (χ4v) is 2.53. The van der Waals surface area contributed by atoms with Crippen molar-refractivity contribution in [3.05, 3.63) is 24.3 Å². The Kier molecular flexibility index (Phi) is 4.45. The second-order valence-electron chi connectivity index (χ2n) is 6.44. The first-order valence-corrected chi connectivity index (χ1v) is 6.84. The first-order valence-electron chi connectivity index (χ1n) is 6.84. The number of rotatable bonds is 5. The highest BCUT2D eigenvalue weighted by Gasteiger charge is 2.52. The SMILES string of the molecule is C=C[C@]1(C)CC[C@](C)([C@@](C)(O)CCC=C(C)C)O1. The Hall–Kier alpha value is -0.600. The molecular formula is C16H28O2. The average molecular weight is 252 g/mol. The van der Waals surface area contributed by atoms with E-state index < -0.39 is 11.2 Å². The zero-order valence-electron chi connectivity index (χ0n) is 12.5. The Morgan fingerprint density at radius 3 is 2.44 bits per heavy atom. The zero-order chi connectivity index (χ0) is 14.0. The normalized spacial score (nSPS) is 35.0. The van der Waals surface area contributed by atoms with Crippen molar-refractivity contribution in [1.82, 2.24) is 0 Å². The summed E-state index contributed by atoms with van der Waals surface area (Å²) >= 11 is 0. The van der Waals surface area contributed by atoms with E-state index in [4.69, 9.17) is 4.74 Å². The van der Waals surface area contributed by atoms with Crippen molar-refractivity contribution >= 4 is 0 Å². The van der Waals surface area contributed by atoms with Gasteiger partial charge in [0.15, 0.2) is 0 Å². The largest absolute Gasteiger partial charge is 0.387 e. The molecular weight excluding hydrogens is 224 g/mol. The molecule has 1 fully saturated rings. The molecule has 1 rings (SSSR count). The summed E-state index contributed by atoms with van der Waals surface area (Å²) in [5, 5.41) is 10.7. The second-order valence-corrected chi connectivity index (χ2v) is 6.44. The quantitative estimate of drug-likeness (QED) is 0.749. The van der Waals surface area contributed by atoms with E-state index in [9.17, 15) is 5.11 Å². The van der Waals surface area contributed by atoms with Crippen LogP contribution in [0, 0.1) is 0 Å². The number of hydrogen-bond donors (Lipinski definition) is 1. The molecule has 0 unspecified atom stereocenters. The first kappa shape index (κ1) is 15.5. The zero-order valence-corrected chi connectivity index (χ0v) is 12.5. The molecule has 0 spiro atoms. The molecule has 18 heavy (non-hydrogen) atoms. The van der Waals surface area contributed by atoms with Crippen molar-refractivity contribution in [2.75, 3.05) is 0 Å². The summed E-state index contributed by atoms with van der Waals surface area (Å²) in [5.74, 6) is 0. The number of ether oxygens (including phenoxy) is 1. The van der Waals surface area contributed by atoms with E-state index in [1.165, 1.54) is 5.57 Å². The van der Waals surface area contributed by atoms with Gasteiger partial charge in [-0.2, -0.15) is 0 Å². The molecule has 0 aromatic carbocycles. The van der Waals surface area contributed by atoms with E-state index in [0.29, 0.717) is 0 Å². The van der Waals surface area contributed by atoms with Crippen LogP contribution in [-0.4, -0.2) is 21.9 Å². The van der Waals surface area contributed by atoms with Gasteiger partial charge < -0.3 is 9.84 Å². The van der Waals surface area contributed by atoms with Gasteiger partial charge in [-0.25, -0.2) is 0 Å². The van der Waals surface area contributed by atoms with Crippen LogP contribution in [0.1, 0.15) is 60.3 Å². The van der Waals surface area contributed by atoms with Crippen molar-refractivity contribution in [3.63, 3.8) is 0 Å². The highest BCUT2D eigenvalue weighted by molar-refractivity contribution is 5.09. The molecule has 2 nitrogen and oxygen atoms in total. The third-order valence-corrected chi connectivity index (χ3v) is 4.31. The average Bonchev–Trinajstić information content (AvgIpc) is 2.57. The van der Waals surface area contributed by atoms with Gasteiger partial charge in [0.25, 0.3) is 0 Å². The monoisotopic (exact) mass is 252 g/mol. The van der Waals surface area contributed by atoms with Crippen LogP contribution < -0.4 is 0 Å². The lowest BCUT2D eigenvalue weighted by molar-refractivity contribution is -0.174. The lowest BCUT2D eigenvalue weighted by atomic mass is 9.80. The van der Waals surface area contributed by atoms with Gasteiger partial charge >= 0.3 is 0 Å². The van der Waals surface area contributed by atoms with Crippen molar-refractivity contribution < 1.29 is 9.84 Å². The molecule has 0 amide bonds. The fourth-order valence-electron chi connectivity index (χ4n) is 2.53. The topological polar surface area (TPSA) is 29.5 Å². The molecule has 0 aromatic rings. The Labute approximate surface area is 112 Å². The van der Waals surface area contributed by atoms with E-state index in [-0.39, 0.29) is 5.60 Å². The maximum Gasteiger partial charge on any atom is 0.0950 e. The third-order valence-electron chi connectivity index (χ3n) is 4.31. The molecule has 0 bridgehead atoms. The molecule has 1 N–H and O–H groups in total. The van der Waals surface area contributed by atoms with Crippen molar-refractivity contribution in [3.8, 4) is 0 Å². The van der Waals surface area contributed by atoms with Gasteiger partial charge in [-0.3, -0.25) is 0 Å². The molecule has 3 atom stereocenters. The standard InChI is InChI=1S/C16H28O2/c1-7-14(4)11-12-16(6,18-14)15(5,17)10-8-9-13(2)3/h7,9,17H,1,8,10-12H2,2-6H3/t14-,15+,16-/m1/s1. The molecule has 1 aliphatic rings. The van der Waals surface area contributed by atoms with Crippen LogP contribution >= 0.6 is 0 Å². The molecule has 0 saturated carbocycles. The maximum atomic E-state index is 10.7. The predicted molar refractivity (Wildman–Crippen MR) is 76.6 cm³/mol. The van der Waals surface area contributed by atoms with Crippen molar-refractivity contribution in [1.29, 1.82) is 0 Å². The second kappa shape index (κ2) is 5.18. The summed E-state index contributed by atoms with van der Waals surface area (Å²) in [5.41, 5.74) is -0.292. The molecule has 1 aliphatic heterocycles. The first-order chi connectivity index (χ1) is 8.14. The summed E-state index contributed by atoms with van der Waals surface area (Å²) in [6.07, 6.45) is 7.42. The maximum absolute atomic E-state index is 10.7. The van der Waals surface area contributed by atoms with E-state index in [1.54, 1.807) is 0 Å². The predicted octanol–water partition coefficient (Wildman–Crippen LogP) is 4.00. The van der Waals surface area contributed by atoms with Gasteiger partial charge in [-0.05, 0) is 60.3 Å². The molecule has 0 radical (unpaired) electrons. The Morgan fingerprint density at radius 2 is 2.00 bits per heavy atom. The van der Waals surface area contributed by atoms with Gasteiger partial charge in [0.2, 0.25) is 0 Å². The lowest BCUT2D eigenvalue weighted by Crippen LogP contribution is -2.50. The molecule has 104 valence electrons. The lowest BCUT2D eigenvalue weighted by Gasteiger charge is -2.41. The van der Waals surface area contributed by atoms with E-state index in [2.05, 4.69) is 26.5 Å². The molecule has 0 aliphatic carbocycles. The van der Waals surface area contributed by atoms with Crippen LogP contribution in [0.25, 0.3) is 0 Å². The third kappa shape index (κ3) is 3.24. The van der Waals surface area contributed by atoms with E-state index >= 15 is 0 Å². The highest BCUT2D eigenvalue weighted by Crippen LogP contribution is 2.45. The summed E-state index contributed by atoms with van der Waals surface area (Å²) in [6.45, 7) is 13.9. The highest BCUT2D eigenvalue weighted by atomic mass is 16.5. The molecule has 1 saturated heterocycles. The Morgan fingerprint density at radius 1 is 1.39 bits per heavy atom. The van der Waals surface area contributed by atoms with Crippen LogP contribution in [0.4, 0.5) is 0 Å². The van der Waals surface area contributed by atoms with Crippen molar-refractivity contribution in [2.45, 2.75) is 77.1 Å². The smallest absolute Gasteiger partial charge is 0.0950 e. The summed E-state index contributed by atoms with van der Waals surface area (Å²) in [6, 6.07) is 0. The fraction of sp³-hybridized carbons (Fsp3) is 0.750. The van der Waals surface area contributed by atoms with Crippen LogP contribution in [0.5, 0.6) is 0 Å². The van der Waals surface area contributed by atoms with Crippen LogP contribution in [0.15, 0.2) is 24.3 Å². The number of hydrogen-bond acceptors (Lipinski definition) is 2. The minimum atomic E-state index is -0.806. The van der Waals surface area contributed by atoms with Gasteiger partial charge in [-0.1, -0.05) is 17.7 Å². The van der Waals surface area contributed by atoms with Gasteiger partial charge in [-0.15, -0.1) is 6.58 Å². The molecule has 1 heterocycles. The Bertz CT molecular complexity index is 339. The van der Waals surface area contributed by atoms with Crippen LogP contribution in [-0.2, 0) is 4.74 Å². The molecule has 2 heteroatoms. The van der Waals surface area contributed by atoms with E-state index in [0.717, 1.165) is 25.7 Å². The van der Waals surface area contributed by atoms with E-state index in [1.807, 2.05) is 26.8 Å². The van der Waals surface area contributed by atoms with Gasteiger partial charge in [0.1, 0.15) is 0 Å². The minimum absolute atomic E-state index is 0.296. The van der Waals surface area contributed by atoms with Gasteiger partial charge in [0, 0.05) is 0 Å². The van der Waals surface area contributed by atoms with Crippen LogP contribution in [0.2, 0.25) is 0 Å². The molecule has 0 aromatic heterocycles. The summed E-state index contributed by atoms with van der Waals surface area (Å²) in [4.78, 5) is 0. The summed E-state index contributed by atoms with van der Waals surface area (Å²) in [7, 11) is 0. The Balaban J connectivity index is 2.72. The minimum Gasteiger partial charge on any atom is -0.387 e. The van der Waals surface area contributed by atoms with Gasteiger partial charge in [0.05, 0.1) is 16.8 Å². The van der Waals surface area contributed by atoms with Crippen LogP contribution in [0.3, 0.4) is 0 Å². The number of aliphatic hydroxyl groups is 1. The van der Waals surface area contributed by atoms with Crippen molar-refractivity contribution in [2.24, 2.45) is 0 Å². The number of allylic oxidation sites excluding steroid dienone is 2. The summed E-state index contributed by atoms with van der Waals surface area (Å²) < 4.78 is 6.12.